The summed E-state index contributed by atoms with van der Waals surface area (Å²) in [4.78, 5) is 18.6. The van der Waals surface area contributed by atoms with E-state index >= 15 is 8.78 Å². The summed E-state index contributed by atoms with van der Waals surface area (Å²) in [6, 6.07) is 16.8. The van der Waals surface area contributed by atoms with Gasteiger partial charge in [-0.15, -0.1) is 0 Å². The average molecular weight is 529 g/mol. The van der Waals surface area contributed by atoms with E-state index in [2.05, 4.69) is 62.9 Å². The number of likely N-dealkylation sites (N-methyl/N-ethyl adjacent to an activating group) is 2. The number of benzene rings is 3. The van der Waals surface area contributed by atoms with Gasteiger partial charge in [0.1, 0.15) is 11.6 Å². The van der Waals surface area contributed by atoms with Crippen LogP contribution in [0.1, 0.15) is 5.56 Å². The van der Waals surface area contributed by atoms with Gasteiger partial charge in [0.05, 0.1) is 22.9 Å². The highest BCUT2D eigenvalue weighted by atomic mass is 19.1. The van der Waals surface area contributed by atoms with E-state index < -0.39 is 11.6 Å². The van der Waals surface area contributed by atoms with Gasteiger partial charge in [0.25, 0.3) is 0 Å². The van der Waals surface area contributed by atoms with Crippen molar-refractivity contribution in [1.82, 2.24) is 24.7 Å². The number of hydrogen-bond acceptors (Lipinski definition) is 6. The van der Waals surface area contributed by atoms with Crippen molar-refractivity contribution in [3.8, 4) is 22.4 Å². The number of anilines is 1. The maximum Gasteiger partial charge on any atom is 0.131 e. The summed E-state index contributed by atoms with van der Waals surface area (Å²) in [7, 11) is 4.22. The molecule has 0 bridgehead atoms. The summed E-state index contributed by atoms with van der Waals surface area (Å²) in [6.07, 6.45) is 1.76. The van der Waals surface area contributed by atoms with Crippen molar-refractivity contribution < 1.29 is 8.78 Å². The minimum atomic E-state index is -0.524. The van der Waals surface area contributed by atoms with Crippen molar-refractivity contribution in [1.29, 1.82) is 0 Å². The molecular weight excluding hydrogens is 494 g/mol. The van der Waals surface area contributed by atoms with E-state index in [4.69, 9.17) is 4.98 Å². The molecule has 202 valence electrons. The van der Waals surface area contributed by atoms with Crippen LogP contribution in [0.3, 0.4) is 0 Å². The maximum atomic E-state index is 15.3. The Hall–Kier alpha value is -3.46. The highest BCUT2D eigenvalue weighted by Crippen LogP contribution is 2.32. The van der Waals surface area contributed by atoms with Crippen molar-refractivity contribution in [3.05, 3.63) is 78.0 Å². The second-order valence-electron chi connectivity index (χ2n) is 10.8. The van der Waals surface area contributed by atoms with E-state index in [-0.39, 0.29) is 12.1 Å². The van der Waals surface area contributed by atoms with E-state index in [1.54, 1.807) is 6.20 Å². The lowest BCUT2D eigenvalue weighted by molar-refractivity contribution is 0.145. The number of halogens is 2. The highest BCUT2D eigenvalue weighted by molar-refractivity contribution is 5.92. The first-order valence-corrected chi connectivity index (χ1v) is 13.6. The van der Waals surface area contributed by atoms with Gasteiger partial charge < -0.3 is 14.7 Å². The molecule has 0 amide bonds. The number of fused-ring (bicyclic) bond motifs is 1. The predicted molar refractivity (Wildman–Crippen MR) is 153 cm³/mol. The minimum absolute atomic E-state index is 0.121. The lowest BCUT2D eigenvalue weighted by Crippen LogP contribution is -2.44. The van der Waals surface area contributed by atoms with Crippen LogP contribution >= 0.6 is 0 Å². The molecule has 8 heteroatoms. The average Bonchev–Trinajstić information content (AvgIpc) is 2.96. The van der Waals surface area contributed by atoms with Gasteiger partial charge in [-0.2, -0.15) is 0 Å². The fourth-order valence-electron chi connectivity index (χ4n) is 5.45. The number of rotatable bonds is 5. The first-order valence-electron chi connectivity index (χ1n) is 13.6. The molecule has 1 aromatic heterocycles. The molecule has 2 aliphatic rings. The second-order valence-corrected chi connectivity index (χ2v) is 10.8. The summed E-state index contributed by atoms with van der Waals surface area (Å²) in [5, 5.41) is 0. The van der Waals surface area contributed by atoms with Gasteiger partial charge in [0.2, 0.25) is 0 Å². The molecule has 39 heavy (non-hydrogen) atoms. The minimum Gasteiger partial charge on any atom is -0.369 e. The quantitative estimate of drug-likeness (QED) is 0.373. The topological polar surface area (TPSA) is 38.7 Å². The lowest BCUT2D eigenvalue weighted by Gasteiger charge is -2.34. The number of hydrogen-bond donors (Lipinski definition) is 0. The third kappa shape index (κ3) is 5.50. The van der Waals surface area contributed by atoms with Crippen LogP contribution in [-0.2, 0) is 6.54 Å². The molecule has 6 nitrogen and oxygen atoms in total. The normalized spacial score (nSPS) is 17.7. The van der Waals surface area contributed by atoms with Crippen molar-refractivity contribution in [3.63, 3.8) is 0 Å². The zero-order valence-corrected chi connectivity index (χ0v) is 22.6. The molecular formula is C31H34F2N6. The molecule has 0 spiro atoms. The summed E-state index contributed by atoms with van der Waals surface area (Å²) >= 11 is 0. The fraction of sp³-hybridized carbons (Fsp3) is 0.355. The van der Waals surface area contributed by atoms with Gasteiger partial charge in [-0.1, -0.05) is 24.3 Å². The molecule has 0 unspecified atom stereocenters. The van der Waals surface area contributed by atoms with Crippen LogP contribution in [0.15, 0.2) is 60.8 Å². The van der Waals surface area contributed by atoms with Crippen LogP contribution in [0.5, 0.6) is 0 Å². The third-order valence-corrected chi connectivity index (χ3v) is 8.03. The number of piperazine rings is 2. The van der Waals surface area contributed by atoms with Crippen molar-refractivity contribution in [2.45, 2.75) is 6.54 Å². The Labute approximate surface area is 228 Å². The van der Waals surface area contributed by atoms with Crippen LogP contribution < -0.4 is 4.90 Å². The van der Waals surface area contributed by atoms with Crippen LogP contribution in [0, 0.1) is 11.6 Å². The Morgan fingerprint density at radius 1 is 0.744 bits per heavy atom. The summed E-state index contributed by atoms with van der Waals surface area (Å²) in [5.74, 6) is -1.05. The van der Waals surface area contributed by atoms with E-state index in [0.29, 0.717) is 22.2 Å². The zero-order chi connectivity index (χ0) is 26.9. The first-order chi connectivity index (χ1) is 18.9. The standard InChI is InChI=1S/C31H34F2N6/c1-36-10-14-38(15-11-36)21-26-27(32)18-23(19-28(26)33)25-4-3-5-29-31(25)35-30(20-34-29)22-6-8-24(9-7-22)39-16-12-37(2)13-17-39/h3-9,18-20H,10-17,21H2,1-2H3. The Morgan fingerprint density at radius 3 is 2.05 bits per heavy atom. The number of para-hydroxylation sites is 1. The van der Waals surface area contributed by atoms with E-state index in [9.17, 15) is 0 Å². The monoisotopic (exact) mass is 528 g/mol. The van der Waals surface area contributed by atoms with E-state index in [1.807, 2.05) is 18.2 Å². The largest absolute Gasteiger partial charge is 0.369 e. The summed E-state index contributed by atoms with van der Waals surface area (Å²) in [5.41, 5.74) is 5.45. The second kappa shape index (κ2) is 11.0. The third-order valence-electron chi connectivity index (χ3n) is 8.03. The van der Waals surface area contributed by atoms with Gasteiger partial charge in [-0.25, -0.2) is 13.8 Å². The molecule has 0 N–H and O–H groups in total. The van der Waals surface area contributed by atoms with Crippen molar-refractivity contribution in [2.24, 2.45) is 0 Å². The van der Waals surface area contributed by atoms with Crippen LogP contribution in [0.25, 0.3) is 33.4 Å². The molecule has 6 rings (SSSR count). The maximum absolute atomic E-state index is 15.3. The van der Waals surface area contributed by atoms with Gasteiger partial charge >= 0.3 is 0 Å². The zero-order valence-electron chi connectivity index (χ0n) is 22.6. The van der Waals surface area contributed by atoms with Crippen LogP contribution in [0.4, 0.5) is 14.5 Å². The molecule has 0 aliphatic carbocycles. The molecule has 0 radical (unpaired) electrons. The van der Waals surface area contributed by atoms with E-state index in [1.165, 1.54) is 17.8 Å². The SMILES string of the molecule is CN1CCN(Cc2c(F)cc(-c3cccc4ncc(-c5ccc(N6CCN(C)CC6)cc5)nc34)cc2F)CC1. The predicted octanol–water partition coefficient (Wildman–Crippen LogP) is 4.74. The van der Waals surface area contributed by atoms with Crippen LogP contribution in [0.2, 0.25) is 0 Å². The molecule has 3 heterocycles. The van der Waals surface area contributed by atoms with Crippen LogP contribution in [-0.4, -0.2) is 91.1 Å². The Bertz CT molecular complexity index is 1440. The molecule has 2 aliphatic heterocycles. The Kier molecular flexibility index (Phi) is 7.25. The Morgan fingerprint density at radius 2 is 1.38 bits per heavy atom. The first kappa shape index (κ1) is 25.8. The number of aromatic nitrogens is 2. The smallest absolute Gasteiger partial charge is 0.131 e. The molecule has 0 saturated carbocycles. The molecule has 3 aromatic carbocycles. The highest BCUT2D eigenvalue weighted by Gasteiger charge is 2.20. The molecule has 0 atom stereocenters. The summed E-state index contributed by atoms with van der Waals surface area (Å²) < 4.78 is 30.5. The van der Waals surface area contributed by atoms with Gasteiger partial charge in [0, 0.05) is 81.3 Å². The Balaban J connectivity index is 1.28. The van der Waals surface area contributed by atoms with Gasteiger partial charge in [-0.3, -0.25) is 9.88 Å². The van der Waals surface area contributed by atoms with Gasteiger partial charge in [-0.05, 0) is 50.0 Å². The molecule has 4 aromatic rings. The van der Waals surface area contributed by atoms with Crippen molar-refractivity contribution >= 4 is 16.7 Å². The fourth-order valence-corrected chi connectivity index (χ4v) is 5.45. The number of nitrogens with zero attached hydrogens (tertiary/aromatic N) is 6. The van der Waals surface area contributed by atoms with Crippen molar-refractivity contribution in [2.75, 3.05) is 71.4 Å². The molecule has 2 saturated heterocycles. The summed E-state index contributed by atoms with van der Waals surface area (Å²) in [6.45, 7) is 7.80. The lowest BCUT2D eigenvalue weighted by atomic mass is 10.0. The van der Waals surface area contributed by atoms with E-state index in [0.717, 1.165) is 63.6 Å². The van der Waals surface area contributed by atoms with Gasteiger partial charge in [0.15, 0.2) is 0 Å². The molecule has 2 fully saturated rings.